The molecule has 31 heavy (non-hydrogen) atoms. The minimum absolute atomic E-state index is 0.118. The highest BCUT2D eigenvalue weighted by Crippen LogP contribution is 2.19. The molecule has 0 aliphatic heterocycles. The lowest BCUT2D eigenvalue weighted by Gasteiger charge is -2.21. The molecule has 5 nitrogen and oxygen atoms in total. The fourth-order valence-corrected chi connectivity index (χ4v) is 4.62. The summed E-state index contributed by atoms with van der Waals surface area (Å²) in [5, 5.41) is 2.98. The lowest BCUT2D eigenvalue weighted by molar-refractivity contribution is 0.0940. The van der Waals surface area contributed by atoms with E-state index in [1.165, 1.54) is 4.31 Å². The molecule has 3 rings (SSSR count). The van der Waals surface area contributed by atoms with Gasteiger partial charge in [-0.05, 0) is 42.3 Å². The summed E-state index contributed by atoms with van der Waals surface area (Å²) in [5.74, 6) is -0.178. The summed E-state index contributed by atoms with van der Waals surface area (Å²) in [6.45, 7) is 5.99. The lowest BCUT2D eigenvalue weighted by atomic mass is 10.1. The molecule has 6 heteroatoms. The van der Waals surface area contributed by atoms with Gasteiger partial charge in [0.2, 0.25) is 10.0 Å². The van der Waals surface area contributed by atoms with E-state index < -0.39 is 10.0 Å². The van der Waals surface area contributed by atoms with Crippen molar-refractivity contribution >= 4 is 15.9 Å². The van der Waals surface area contributed by atoms with Crippen molar-refractivity contribution in [2.75, 3.05) is 6.54 Å². The van der Waals surface area contributed by atoms with E-state index in [4.69, 9.17) is 0 Å². The maximum atomic E-state index is 13.0. The number of carbonyl (C=O) groups excluding carboxylic acids is 1. The van der Waals surface area contributed by atoms with Gasteiger partial charge in [0.1, 0.15) is 0 Å². The van der Waals surface area contributed by atoms with Crippen LogP contribution in [0.4, 0.5) is 0 Å². The Labute approximate surface area is 184 Å². The van der Waals surface area contributed by atoms with Crippen molar-refractivity contribution in [2.45, 2.75) is 24.4 Å². The van der Waals surface area contributed by atoms with Crippen LogP contribution in [-0.4, -0.2) is 25.2 Å². The first-order valence-corrected chi connectivity index (χ1v) is 11.5. The molecule has 3 aromatic carbocycles. The molecule has 0 radical (unpaired) electrons. The third-order valence-corrected chi connectivity index (χ3v) is 6.76. The zero-order chi connectivity index (χ0) is 22.3. The second-order valence-corrected chi connectivity index (χ2v) is 9.14. The Hall–Kier alpha value is -3.22. The van der Waals surface area contributed by atoms with Gasteiger partial charge in [0.05, 0.1) is 10.9 Å². The Balaban J connectivity index is 1.71. The quantitative estimate of drug-likeness (QED) is 0.502. The minimum atomic E-state index is -3.65. The molecule has 0 fully saturated rings. The van der Waals surface area contributed by atoms with Gasteiger partial charge in [-0.3, -0.25) is 4.79 Å². The normalized spacial score (nSPS) is 12.3. The summed E-state index contributed by atoms with van der Waals surface area (Å²) in [6.07, 6.45) is 1.56. The average Bonchev–Trinajstić information content (AvgIpc) is 2.80. The molecule has 0 aliphatic rings. The summed E-state index contributed by atoms with van der Waals surface area (Å²) in [5.41, 5.74) is 2.33. The number of nitrogens with one attached hydrogen (secondary N) is 1. The summed E-state index contributed by atoms with van der Waals surface area (Å²) >= 11 is 0. The zero-order valence-electron chi connectivity index (χ0n) is 17.4. The number of carbonyl (C=O) groups is 1. The highest BCUT2D eigenvalue weighted by atomic mass is 32.2. The first-order chi connectivity index (χ1) is 14.9. The van der Waals surface area contributed by atoms with Crippen molar-refractivity contribution in [2.24, 2.45) is 0 Å². The maximum absolute atomic E-state index is 13.0. The second kappa shape index (κ2) is 10.2. The van der Waals surface area contributed by atoms with Crippen molar-refractivity contribution in [1.82, 2.24) is 9.62 Å². The molecule has 0 bridgehead atoms. The van der Waals surface area contributed by atoms with E-state index in [1.807, 2.05) is 37.3 Å². The molecule has 1 N–H and O–H groups in total. The van der Waals surface area contributed by atoms with Crippen molar-refractivity contribution in [3.8, 4) is 0 Å². The van der Waals surface area contributed by atoms with Crippen LogP contribution < -0.4 is 5.32 Å². The number of rotatable bonds is 9. The predicted octanol–water partition coefficient (Wildman–Crippen LogP) is 4.55. The SMILES string of the molecule is C=CCN(Cc1ccc(C(=O)N[C@@H](C)c2ccccc2)cc1)S(=O)(=O)c1ccccc1. The van der Waals surface area contributed by atoms with Gasteiger partial charge in [-0.15, -0.1) is 6.58 Å². The van der Waals surface area contributed by atoms with Crippen LogP contribution in [0.1, 0.15) is 34.5 Å². The third-order valence-electron chi connectivity index (χ3n) is 4.94. The molecular weight excluding hydrogens is 408 g/mol. The molecule has 1 atom stereocenters. The van der Waals surface area contributed by atoms with Crippen molar-refractivity contribution in [1.29, 1.82) is 0 Å². The van der Waals surface area contributed by atoms with E-state index in [-0.39, 0.29) is 29.9 Å². The van der Waals surface area contributed by atoms with Gasteiger partial charge in [0.15, 0.2) is 0 Å². The molecule has 0 unspecified atom stereocenters. The number of hydrogen-bond donors (Lipinski definition) is 1. The Morgan fingerprint density at radius 3 is 2.13 bits per heavy atom. The summed E-state index contributed by atoms with van der Waals surface area (Å²) in [7, 11) is -3.65. The molecule has 0 heterocycles. The maximum Gasteiger partial charge on any atom is 0.251 e. The number of sulfonamides is 1. The van der Waals surface area contributed by atoms with Crippen LogP contribution in [0.15, 0.2) is 102 Å². The second-order valence-electron chi connectivity index (χ2n) is 7.20. The minimum Gasteiger partial charge on any atom is -0.346 e. The Bertz CT molecular complexity index is 1110. The zero-order valence-corrected chi connectivity index (χ0v) is 18.3. The van der Waals surface area contributed by atoms with Gasteiger partial charge < -0.3 is 5.32 Å². The van der Waals surface area contributed by atoms with Gasteiger partial charge in [-0.1, -0.05) is 66.7 Å². The van der Waals surface area contributed by atoms with E-state index in [2.05, 4.69) is 11.9 Å². The van der Waals surface area contributed by atoms with Gasteiger partial charge in [0.25, 0.3) is 5.91 Å². The Morgan fingerprint density at radius 1 is 0.968 bits per heavy atom. The van der Waals surface area contributed by atoms with Gasteiger partial charge >= 0.3 is 0 Å². The Kier molecular flexibility index (Phi) is 7.39. The van der Waals surface area contributed by atoms with Crippen molar-refractivity contribution in [3.05, 3.63) is 114 Å². The molecule has 160 valence electrons. The highest BCUT2D eigenvalue weighted by molar-refractivity contribution is 7.89. The molecule has 0 aliphatic carbocycles. The third kappa shape index (κ3) is 5.69. The van der Waals surface area contributed by atoms with Crippen molar-refractivity contribution in [3.63, 3.8) is 0 Å². The van der Waals surface area contributed by atoms with E-state index in [0.717, 1.165) is 11.1 Å². The van der Waals surface area contributed by atoms with Crippen LogP contribution in [0, 0.1) is 0 Å². The fraction of sp³-hybridized carbons (Fsp3) is 0.160. The van der Waals surface area contributed by atoms with E-state index >= 15 is 0 Å². The molecule has 0 spiro atoms. The number of nitrogens with zero attached hydrogens (tertiary/aromatic N) is 1. The van der Waals surface area contributed by atoms with Gasteiger partial charge in [-0.2, -0.15) is 4.31 Å². The fourth-order valence-electron chi connectivity index (χ4n) is 3.20. The monoisotopic (exact) mass is 434 g/mol. The molecule has 0 saturated carbocycles. The number of amides is 1. The predicted molar refractivity (Wildman–Crippen MR) is 123 cm³/mol. The molecule has 0 saturated heterocycles. The molecule has 0 aromatic heterocycles. The molecule has 1 amide bonds. The van der Waals surface area contributed by atoms with Gasteiger partial charge in [0, 0.05) is 18.7 Å². The highest BCUT2D eigenvalue weighted by Gasteiger charge is 2.23. The van der Waals surface area contributed by atoms with Crippen LogP contribution in [0.2, 0.25) is 0 Å². The van der Waals surface area contributed by atoms with Crippen LogP contribution in [-0.2, 0) is 16.6 Å². The van der Waals surface area contributed by atoms with Crippen LogP contribution in [0.3, 0.4) is 0 Å². The lowest BCUT2D eigenvalue weighted by Crippen LogP contribution is -2.31. The summed E-state index contributed by atoms with van der Waals surface area (Å²) in [6, 6.07) is 24.9. The van der Waals surface area contributed by atoms with E-state index in [1.54, 1.807) is 60.7 Å². The van der Waals surface area contributed by atoms with Crippen LogP contribution in [0.5, 0.6) is 0 Å². The Morgan fingerprint density at radius 2 is 1.55 bits per heavy atom. The van der Waals surface area contributed by atoms with Crippen LogP contribution in [0.25, 0.3) is 0 Å². The first kappa shape index (κ1) is 22.5. The van der Waals surface area contributed by atoms with Gasteiger partial charge in [-0.25, -0.2) is 8.42 Å². The first-order valence-electron chi connectivity index (χ1n) is 10.0. The number of benzene rings is 3. The van der Waals surface area contributed by atoms with Crippen molar-refractivity contribution < 1.29 is 13.2 Å². The van der Waals surface area contributed by atoms with E-state index in [0.29, 0.717) is 5.56 Å². The smallest absolute Gasteiger partial charge is 0.251 e. The van der Waals surface area contributed by atoms with E-state index in [9.17, 15) is 13.2 Å². The average molecular weight is 435 g/mol. The largest absolute Gasteiger partial charge is 0.346 e. The standard InChI is InChI=1S/C25H26N2O3S/c1-3-18-27(31(29,30)24-12-8-5-9-13-24)19-21-14-16-23(17-15-21)25(28)26-20(2)22-10-6-4-7-11-22/h3-17,20H,1,18-19H2,2H3,(H,26,28)/t20-/m0/s1. The summed E-state index contributed by atoms with van der Waals surface area (Å²) < 4.78 is 27.3. The summed E-state index contributed by atoms with van der Waals surface area (Å²) in [4.78, 5) is 12.8. The molecule has 3 aromatic rings. The molecular formula is C25H26N2O3S. The van der Waals surface area contributed by atoms with Crippen LogP contribution >= 0.6 is 0 Å². The number of hydrogen-bond acceptors (Lipinski definition) is 3. The topological polar surface area (TPSA) is 66.5 Å².